The Morgan fingerprint density at radius 3 is 3.11 bits per heavy atom. The van der Waals surface area contributed by atoms with Crippen LogP contribution in [0.15, 0.2) is 17.5 Å². The summed E-state index contributed by atoms with van der Waals surface area (Å²) in [6.45, 7) is 4.82. The maximum Gasteiger partial charge on any atom is 0.172 e. The van der Waals surface area contributed by atoms with Crippen LogP contribution >= 0.6 is 11.3 Å². The predicted octanol–water partition coefficient (Wildman–Crippen LogP) is 2.41. The number of Topliss-reactive ketones (excluding diaryl/α,β-unsaturated/α-hetero) is 1. The first-order chi connectivity index (χ1) is 8.66. The van der Waals surface area contributed by atoms with Gasteiger partial charge >= 0.3 is 0 Å². The fraction of sp³-hybridized carbons (Fsp3) is 0.643. The Morgan fingerprint density at radius 1 is 1.61 bits per heavy atom. The SMILES string of the molecule is CC1CCN(CCCC(=O)c2cccs2)CC1O. The summed E-state index contributed by atoms with van der Waals surface area (Å²) >= 11 is 1.51. The van der Waals surface area contributed by atoms with Crippen molar-refractivity contribution in [1.82, 2.24) is 4.90 Å². The third-order valence-electron chi connectivity index (χ3n) is 3.68. The molecule has 0 spiro atoms. The highest BCUT2D eigenvalue weighted by Gasteiger charge is 2.23. The van der Waals surface area contributed by atoms with Gasteiger partial charge in [0.25, 0.3) is 0 Å². The number of ketones is 1. The fourth-order valence-electron chi connectivity index (χ4n) is 2.34. The summed E-state index contributed by atoms with van der Waals surface area (Å²) in [6, 6.07) is 3.81. The highest BCUT2D eigenvalue weighted by molar-refractivity contribution is 7.12. The number of hydrogen-bond donors (Lipinski definition) is 1. The first-order valence-corrected chi connectivity index (χ1v) is 7.52. The quantitative estimate of drug-likeness (QED) is 0.833. The molecule has 0 aromatic carbocycles. The van der Waals surface area contributed by atoms with E-state index in [1.54, 1.807) is 0 Å². The van der Waals surface area contributed by atoms with Crippen molar-refractivity contribution >= 4 is 17.1 Å². The second-order valence-electron chi connectivity index (χ2n) is 5.14. The van der Waals surface area contributed by atoms with Crippen LogP contribution in [0.25, 0.3) is 0 Å². The van der Waals surface area contributed by atoms with Crippen molar-refractivity contribution in [2.75, 3.05) is 19.6 Å². The third-order valence-corrected chi connectivity index (χ3v) is 4.59. The van der Waals surface area contributed by atoms with Crippen LogP contribution in [0.1, 0.15) is 35.9 Å². The maximum atomic E-state index is 11.8. The van der Waals surface area contributed by atoms with Gasteiger partial charge < -0.3 is 10.0 Å². The molecule has 0 radical (unpaired) electrons. The van der Waals surface area contributed by atoms with Crippen LogP contribution in [0.5, 0.6) is 0 Å². The smallest absolute Gasteiger partial charge is 0.172 e. The molecule has 18 heavy (non-hydrogen) atoms. The summed E-state index contributed by atoms with van der Waals surface area (Å²) < 4.78 is 0. The molecular weight excluding hydrogens is 246 g/mol. The van der Waals surface area contributed by atoms with Gasteiger partial charge in [0, 0.05) is 13.0 Å². The monoisotopic (exact) mass is 267 g/mol. The molecule has 0 saturated carbocycles. The molecular formula is C14H21NO2S. The number of β-amino-alcohol motifs (C(OH)–C–C–N with tert-alkyl or cyclic N) is 1. The average Bonchev–Trinajstić information content (AvgIpc) is 2.87. The number of nitrogens with zero attached hydrogens (tertiary/aromatic N) is 1. The molecule has 1 aromatic heterocycles. The molecule has 2 heterocycles. The third kappa shape index (κ3) is 3.64. The Bertz CT molecular complexity index is 377. The molecule has 2 unspecified atom stereocenters. The normalized spacial score (nSPS) is 25.2. The Labute approximate surface area is 112 Å². The zero-order valence-corrected chi connectivity index (χ0v) is 11.7. The highest BCUT2D eigenvalue weighted by atomic mass is 32.1. The molecule has 100 valence electrons. The van der Waals surface area contributed by atoms with Gasteiger partial charge in [-0.25, -0.2) is 0 Å². The van der Waals surface area contributed by atoms with E-state index in [9.17, 15) is 9.90 Å². The molecule has 1 aliphatic heterocycles. The average molecular weight is 267 g/mol. The Kier molecular flexibility index (Phi) is 4.92. The van der Waals surface area contributed by atoms with Crippen LogP contribution in [-0.2, 0) is 0 Å². The molecule has 1 fully saturated rings. The zero-order chi connectivity index (χ0) is 13.0. The topological polar surface area (TPSA) is 40.5 Å². The molecule has 2 rings (SSSR count). The second-order valence-corrected chi connectivity index (χ2v) is 6.09. The van der Waals surface area contributed by atoms with Crippen molar-refractivity contribution in [2.45, 2.75) is 32.3 Å². The minimum atomic E-state index is -0.202. The van der Waals surface area contributed by atoms with Gasteiger partial charge in [0.1, 0.15) is 0 Å². The molecule has 0 bridgehead atoms. The van der Waals surface area contributed by atoms with Crippen molar-refractivity contribution in [2.24, 2.45) is 5.92 Å². The van der Waals surface area contributed by atoms with Gasteiger partial charge in [-0.2, -0.15) is 0 Å². The van der Waals surface area contributed by atoms with Gasteiger partial charge in [-0.1, -0.05) is 13.0 Å². The number of aliphatic hydroxyl groups excluding tert-OH is 1. The summed E-state index contributed by atoms with van der Waals surface area (Å²) in [5.41, 5.74) is 0. The molecule has 3 nitrogen and oxygen atoms in total. The van der Waals surface area contributed by atoms with Crippen LogP contribution in [-0.4, -0.2) is 41.5 Å². The lowest BCUT2D eigenvalue weighted by Crippen LogP contribution is -2.43. The van der Waals surface area contributed by atoms with E-state index < -0.39 is 0 Å². The molecule has 0 aliphatic carbocycles. The van der Waals surface area contributed by atoms with Crippen molar-refractivity contribution in [3.05, 3.63) is 22.4 Å². The van der Waals surface area contributed by atoms with E-state index in [-0.39, 0.29) is 11.9 Å². The highest BCUT2D eigenvalue weighted by Crippen LogP contribution is 2.18. The summed E-state index contributed by atoms with van der Waals surface area (Å²) in [5, 5.41) is 11.7. The minimum absolute atomic E-state index is 0.202. The first kappa shape index (κ1) is 13.7. The molecule has 0 amide bonds. The van der Waals surface area contributed by atoms with Crippen LogP contribution in [0, 0.1) is 5.92 Å². The maximum absolute atomic E-state index is 11.8. The van der Waals surface area contributed by atoms with E-state index in [4.69, 9.17) is 0 Å². The molecule has 1 aromatic rings. The Balaban J connectivity index is 1.68. The molecule has 2 atom stereocenters. The lowest BCUT2D eigenvalue weighted by Gasteiger charge is -2.34. The predicted molar refractivity (Wildman–Crippen MR) is 74.1 cm³/mol. The van der Waals surface area contributed by atoms with Gasteiger partial charge in [0.05, 0.1) is 11.0 Å². The molecule has 1 saturated heterocycles. The number of piperidine rings is 1. The van der Waals surface area contributed by atoms with Crippen molar-refractivity contribution in [3.8, 4) is 0 Å². The van der Waals surface area contributed by atoms with Gasteiger partial charge in [0.15, 0.2) is 5.78 Å². The summed E-state index contributed by atoms with van der Waals surface area (Å²) in [5.74, 6) is 0.657. The van der Waals surface area contributed by atoms with Crippen LogP contribution < -0.4 is 0 Å². The number of thiophene rings is 1. The first-order valence-electron chi connectivity index (χ1n) is 6.64. The largest absolute Gasteiger partial charge is 0.392 e. The van der Waals surface area contributed by atoms with Gasteiger partial charge in [-0.15, -0.1) is 11.3 Å². The van der Waals surface area contributed by atoms with Crippen LogP contribution in [0.3, 0.4) is 0 Å². The summed E-state index contributed by atoms with van der Waals surface area (Å²) in [7, 11) is 0. The number of hydrogen-bond acceptors (Lipinski definition) is 4. The number of likely N-dealkylation sites (tertiary alicyclic amines) is 1. The number of aliphatic hydroxyl groups is 1. The number of carbonyl (C=O) groups excluding carboxylic acids is 1. The van der Waals surface area contributed by atoms with E-state index in [1.165, 1.54) is 11.3 Å². The van der Waals surface area contributed by atoms with Crippen molar-refractivity contribution < 1.29 is 9.90 Å². The zero-order valence-electron chi connectivity index (χ0n) is 10.8. The van der Waals surface area contributed by atoms with Gasteiger partial charge in [0.2, 0.25) is 0 Å². The molecule has 1 N–H and O–H groups in total. The number of carbonyl (C=O) groups is 1. The van der Waals surface area contributed by atoms with E-state index in [1.807, 2.05) is 17.5 Å². The van der Waals surface area contributed by atoms with Gasteiger partial charge in [-0.3, -0.25) is 4.79 Å². The Hall–Kier alpha value is -0.710. The lowest BCUT2D eigenvalue weighted by atomic mass is 9.96. The van der Waals surface area contributed by atoms with E-state index in [0.717, 1.165) is 37.4 Å². The van der Waals surface area contributed by atoms with E-state index >= 15 is 0 Å². The van der Waals surface area contributed by atoms with Crippen molar-refractivity contribution in [1.29, 1.82) is 0 Å². The molecule has 1 aliphatic rings. The minimum Gasteiger partial charge on any atom is -0.392 e. The lowest BCUT2D eigenvalue weighted by molar-refractivity contribution is 0.0287. The second kappa shape index (κ2) is 6.45. The fourth-order valence-corrected chi connectivity index (χ4v) is 3.04. The number of rotatable bonds is 5. The Morgan fingerprint density at radius 2 is 2.44 bits per heavy atom. The molecule has 4 heteroatoms. The summed E-state index contributed by atoms with van der Waals surface area (Å²) in [4.78, 5) is 14.9. The van der Waals surface area contributed by atoms with Crippen LogP contribution in [0.4, 0.5) is 0 Å². The van der Waals surface area contributed by atoms with Crippen molar-refractivity contribution in [3.63, 3.8) is 0 Å². The standard InChI is InChI=1S/C14H21NO2S/c1-11-6-8-15(10-13(11)17)7-2-4-12(16)14-5-3-9-18-14/h3,5,9,11,13,17H,2,4,6-8,10H2,1H3. The van der Waals surface area contributed by atoms with Crippen LogP contribution in [0.2, 0.25) is 0 Å². The van der Waals surface area contributed by atoms with E-state index in [2.05, 4.69) is 11.8 Å². The summed E-state index contributed by atoms with van der Waals surface area (Å²) in [6.07, 6.45) is 2.35. The van der Waals surface area contributed by atoms with Gasteiger partial charge in [-0.05, 0) is 43.3 Å². The van der Waals surface area contributed by atoms with E-state index in [0.29, 0.717) is 12.3 Å².